The molecule has 5 nitrogen and oxygen atoms in total. The van der Waals surface area contributed by atoms with Gasteiger partial charge in [0.1, 0.15) is 0 Å². The van der Waals surface area contributed by atoms with Crippen LogP contribution in [0.4, 0.5) is 5.69 Å². The highest BCUT2D eigenvalue weighted by atomic mass is 35.5. The third kappa shape index (κ3) is 7.21. The van der Waals surface area contributed by atoms with Crippen molar-refractivity contribution in [2.24, 2.45) is 0 Å². The molecule has 8 heteroatoms. The number of anilines is 1. The summed E-state index contributed by atoms with van der Waals surface area (Å²) in [7, 11) is -3.63. The number of nitrogens with one attached hydrogen (secondary N) is 1. The van der Waals surface area contributed by atoms with Crippen molar-refractivity contribution in [3.63, 3.8) is 0 Å². The van der Waals surface area contributed by atoms with E-state index in [4.69, 9.17) is 23.2 Å². The predicted molar refractivity (Wildman–Crippen MR) is 120 cm³/mol. The van der Waals surface area contributed by atoms with Crippen LogP contribution in [0.25, 0.3) is 11.1 Å². The Balaban J connectivity index is 2.15. The van der Waals surface area contributed by atoms with E-state index in [0.29, 0.717) is 27.6 Å². The molecular formula is C21H25Cl2NO4S. The summed E-state index contributed by atoms with van der Waals surface area (Å²) in [5, 5.41) is 10.4. The maximum absolute atomic E-state index is 12.4. The number of benzene rings is 2. The van der Waals surface area contributed by atoms with Crippen LogP contribution in [0, 0.1) is 0 Å². The smallest absolute Gasteiger partial charge is 0.337 e. The van der Waals surface area contributed by atoms with E-state index in [0.717, 1.165) is 32.1 Å². The summed E-state index contributed by atoms with van der Waals surface area (Å²) in [5.74, 6) is -1.27. The number of carboxylic acid groups (broad SMARTS) is 1. The van der Waals surface area contributed by atoms with E-state index in [1.54, 1.807) is 24.3 Å². The molecule has 0 saturated heterocycles. The normalized spacial score (nSPS) is 11.4. The van der Waals surface area contributed by atoms with Crippen molar-refractivity contribution in [2.45, 2.75) is 45.4 Å². The zero-order chi connectivity index (χ0) is 21.4. The summed E-state index contributed by atoms with van der Waals surface area (Å²) in [6.07, 6.45) is 5.76. The van der Waals surface area contributed by atoms with Gasteiger partial charge in [-0.05, 0) is 36.2 Å². The molecule has 0 bridgehead atoms. The van der Waals surface area contributed by atoms with Gasteiger partial charge < -0.3 is 5.11 Å². The van der Waals surface area contributed by atoms with Gasteiger partial charge in [0, 0.05) is 15.6 Å². The second kappa shape index (κ2) is 10.9. The first-order valence-corrected chi connectivity index (χ1v) is 12.0. The molecule has 0 amide bonds. The fourth-order valence-electron chi connectivity index (χ4n) is 2.99. The van der Waals surface area contributed by atoms with Crippen molar-refractivity contribution in [2.75, 3.05) is 10.5 Å². The first-order chi connectivity index (χ1) is 13.7. The standard InChI is InChI=1S/C21H25Cl2NO4S/c1-2-3-4-5-6-7-12-29(27,28)24-20-11-8-15(13-18(20)21(25)26)17-10-9-16(22)14-19(17)23/h8-11,13-14,24H,2-7,12H2,1H3,(H,25,26). The minimum atomic E-state index is -3.63. The van der Waals surface area contributed by atoms with Gasteiger partial charge in [-0.15, -0.1) is 0 Å². The molecule has 0 heterocycles. The van der Waals surface area contributed by atoms with Gasteiger partial charge in [0.15, 0.2) is 0 Å². The van der Waals surface area contributed by atoms with Gasteiger partial charge in [0.25, 0.3) is 0 Å². The second-order valence-electron chi connectivity index (χ2n) is 6.88. The Labute approximate surface area is 182 Å². The lowest BCUT2D eigenvalue weighted by Crippen LogP contribution is -2.18. The zero-order valence-corrected chi connectivity index (χ0v) is 18.6. The van der Waals surface area contributed by atoms with Crippen LogP contribution in [0.2, 0.25) is 10.0 Å². The molecule has 2 rings (SSSR count). The Morgan fingerprint density at radius 2 is 1.69 bits per heavy atom. The molecule has 0 aliphatic carbocycles. The van der Waals surface area contributed by atoms with E-state index < -0.39 is 16.0 Å². The van der Waals surface area contributed by atoms with Crippen molar-refractivity contribution >= 4 is 44.9 Å². The maximum atomic E-state index is 12.4. The van der Waals surface area contributed by atoms with E-state index in [-0.39, 0.29) is 17.0 Å². The summed E-state index contributed by atoms with van der Waals surface area (Å²) < 4.78 is 27.2. The van der Waals surface area contributed by atoms with Gasteiger partial charge in [-0.2, -0.15) is 0 Å². The van der Waals surface area contributed by atoms with E-state index in [1.165, 1.54) is 12.1 Å². The first-order valence-electron chi connectivity index (χ1n) is 9.57. The Hall–Kier alpha value is -1.76. The second-order valence-corrected chi connectivity index (χ2v) is 9.56. The number of hydrogen-bond acceptors (Lipinski definition) is 3. The highest BCUT2D eigenvalue weighted by molar-refractivity contribution is 7.92. The van der Waals surface area contributed by atoms with Gasteiger partial charge in [-0.3, -0.25) is 4.72 Å². The SMILES string of the molecule is CCCCCCCCS(=O)(=O)Nc1ccc(-c2ccc(Cl)cc2Cl)cc1C(=O)O. The van der Waals surface area contributed by atoms with Crippen molar-refractivity contribution in [3.8, 4) is 11.1 Å². The van der Waals surface area contributed by atoms with E-state index in [2.05, 4.69) is 11.6 Å². The van der Waals surface area contributed by atoms with Gasteiger partial charge in [0.05, 0.1) is 17.0 Å². The van der Waals surface area contributed by atoms with E-state index in [9.17, 15) is 18.3 Å². The fraction of sp³-hybridized carbons (Fsp3) is 0.381. The van der Waals surface area contributed by atoms with Crippen LogP contribution < -0.4 is 4.72 Å². The maximum Gasteiger partial charge on any atom is 0.337 e. The van der Waals surface area contributed by atoms with Gasteiger partial charge in [-0.1, -0.05) is 74.4 Å². The van der Waals surface area contributed by atoms with Gasteiger partial charge >= 0.3 is 5.97 Å². The lowest BCUT2D eigenvalue weighted by Gasteiger charge is -2.13. The number of rotatable bonds is 11. The average Bonchev–Trinajstić information content (AvgIpc) is 2.64. The predicted octanol–water partition coefficient (Wildman–Crippen LogP) is 6.46. The zero-order valence-electron chi connectivity index (χ0n) is 16.2. The Morgan fingerprint density at radius 1 is 1.00 bits per heavy atom. The molecule has 0 aliphatic heterocycles. The third-order valence-corrected chi connectivity index (χ3v) is 6.43. The molecule has 0 saturated carbocycles. The minimum absolute atomic E-state index is 0.0387. The van der Waals surface area contributed by atoms with Crippen LogP contribution in [-0.4, -0.2) is 25.2 Å². The first kappa shape index (κ1) is 23.5. The topological polar surface area (TPSA) is 83.5 Å². The number of unbranched alkanes of at least 4 members (excludes halogenated alkanes) is 5. The molecule has 0 aliphatic rings. The quantitative estimate of drug-likeness (QED) is 0.379. The number of carboxylic acids is 1. The molecular weight excluding hydrogens is 433 g/mol. The third-order valence-electron chi connectivity index (χ3n) is 4.52. The van der Waals surface area contributed by atoms with Crippen LogP contribution >= 0.6 is 23.2 Å². The number of halogens is 2. The molecule has 0 atom stereocenters. The molecule has 0 fully saturated rings. The summed E-state index contributed by atoms with van der Waals surface area (Å²) in [5.41, 5.74) is 1.07. The average molecular weight is 458 g/mol. The molecule has 29 heavy (non-hydrogen) atoms. The van der Waals surface area contributed by atoms with Gasteiger partial charge in [-0.25, -0.2) is 13.2 Å². The van der Waals surface area contributed by atoms with Crippen molar-refractivity contribution < 1.29 is 18.3 Å². The summed E-state index contributed by atoms with van der Waals surface area (Å²) in [4.78, 5) is 11.7. The van der Waals surface area contributed by atoms with E-state index in [1.807, 2.05) is 0 Å². The fourth-order valence-corrected chi connectivity index (χ4v) is 4.71. The number of aromatic carboxylic acids is 1. The molecule has 0 spiro atoms. The number of hydrogen-bond donors (Lipinski definition) is 2. The number of carbonyl (C=O) groups is 1. The monoisotopic (exact) mass is 457 g/mol. The molecule has 0 unspecified atom stereocenters. The van der Waals surface area contributed by atoms with Crippen LogP contribution in [-0.2, 0) is 10.0 Å². The summed E-state index contributed by atoms with van der Waals surface area (Å²) in [6.45, 7) is 2.13. The summed E-state index contributed by atoms with van der Waals surface area (Å²) in [6, 6.07) is 9.39. The largest absolute Gasteiger partial charge is 0.478 e. The van der Waals surface area contributed by atoms with Crippen molar-refractivity contribution in [1.29, 1.82) is 0 Å². The lowest BCUT2D eigenvalue weighted by molar-refractivity contribution is 0.0698. The minimum Gasteiger partial charge on any atom is -0.478 e. The van der Waals surface area contributed by atoms with E-state index >= 15 is 0 Å². The Morgan fingerprint density at radius 3 is 2.34 bits per heavy atom. The summed E-state index contributed by atoms with van der Waals surface area (Å²) >= 11 is 12.1. The molecule has 0 radical (unpaired) electrons. The van der Waals surface area contributed by atoms with Crippen LogP contribution in [0.5, 0.6) is 0 Å². The highest BCUT2D eigenvalue weighted by Crippen LogP contribution is 2.33. The van der Waals surface area contributed by atoms with Crippen molar-refractivity contribution in [3.05, 3.63) is 52.0 Å². The van der Waals surface area contributed by atoms with Crippen LogP contribution in [0.3, 0.4) is 0 Å². The van der Waals surface area contributed by atoms with Crippen LogP contribution in [0.1, 0.15) is 55.8 Å². The highest BCUT2D eigenvalue weighted by Gasteiger charge is 2.18. The molecule has 0 aromatic heterocycles. The van der Waals surface area contributed by atoms with Crippen LogP contribution in [0.15, 0.2) is 36.4 Å². The number of sulfonamides is 1. The molecule has 2 aromatic carbocycles. The molecule has 2 N–H and O–H groups in total. The lowest BCUT2D eigenvalue weighted by atomic mass is 10.0. The molecule has 2 aromatic rings. The van der Waals surface area contributed by atoms with Crippen molar-refractivity contribution in [1.82, 2.24) is 0 Å². The molecule has 158 valence electrons. The van der Waals surface area contributed by atoms with Gasteiger partial charge in [0.2, 0.25) is 10.0 Å². The Kier molecular flexibility index (Phi) is 8.80. The Bertz CT molecular complexity index is 961.